The Morgan fingerprint density at radius 2 is 1.86 bits per heavy atom. The molecule has 7 heteroatoms. The van der Waals surface area contributed by atoms with Crippen molar-refractivity contribution in [1.82, 2.24) is 10.2 Å². The van der Waals surface area contributed by atoms with Gasteiger partial charge in [0.05, 0.1) is 6.42 Å². The van der Waals surface area contributed by atoms with Crippen LogP contribution in [-0.2, 0) is 9.59 Å². The Balaban J connectivity index is 1.82. The SMILES string of the molecule is CC1(C2CC2)NC(=O)C(C2CC2)N(CCC(F)(F)F)C1=O. The van der Waals surface area contributed by atoms with E-state index in [0.717, 1.165) is 25.7 Å². The van der Waals surface area contributed by atoms with Gasteiger partial charge in [-0.2, -0.15) is 13.2 Å². The van der Waals surface area contributed by atoms with Crippen LogP contribution >= 0.6 is 0 Å². The molecule has 3 fully saturated rings. The normalized spacial score (nSPS) is 34.1. The summed E-state index contributed by atoms with van der Waals surface area (Å²) in [5.41, 5.74) is -1.02. The van der Waals surface area contributed by atoms with Crippen molar-refractivity contribution in [3.05, 3.63) is 0 Å². The minimum absolute atomic E-state index is 0.0194. The summed E-state index contributed by atoms with van der Waals surface area (Å²) in [4.78, 5) is 26.2. The lowest BCUT2D eigenvalue weighted by Crippen LogP contribution is -2.70. The Kier molecular flexibility index (Phi) is 3.22. The number of amides is 2. The van der Waals surface area contributed by atoms with Gasteiger partial charge in [0.1, 0.15) is 11.6 Å². The molecule has 21 heavy (non-hydrogen) atoms. The molecule has 0 aromatic heterocycles. The van der Waals surface area contributed by atoms with Crippen molar-refractivity contribution in [2.75, 3.05) is 6.54 Å². The van der Waals surface area contributed by atoms with Crippen LogP contribution in [0.3, 0.4) is 0 Å². The Bertz CT molecular complexity index is 471. The molecular weight excluding hydrogens is 285 g/mol. The number of alkyl halides is 3. The van der Waals surface area contributed by atoms with Crippen LogP contribution in [0.1, 0.15) is 39.0 Å². The summed E-state index contributed by atoms with van der Waals surface area (Å²) in [6.07, 6.45) is -2.11. The first kappa shape index (κ1) is 14.7. The van der Waals surface area contributed by atoms with Crippen LogP contribution in [0.15, 0.2) is 0 Å². The molecule has 2 unspecified atom stereocenters. The van der Waals surface area contributed by atoms with E-state index in [1.165, 1.54) is 4.90 Å². The van der Waals surface area contributed by atoms with Crippen LogP contribution in [0.25, 0.3) is 0 Å². The monoisotopic (exact) mass is 304 g/mol. The van der Waals surface area contributed by atoms with Crippen molar-refractivity contribution in [2.45, 2.75) is 56.8 Å². The highest BCUT2D eigenvalue weighted by Crippen LogP contribution is 2.45. The first-order valence-electron chi connectivity index (χ1n) is 7.42. The van der Waals surface area contributed by atoms with E-state index in [2.05, 4.69) is 5.32 Å². The molecule has 3 rings (SSSR count). The molecule has 2 saturated carbocycles. The Morgan fingerprint density at radius 1 is 1.24 bits per heavy atom. The standard InChI is InChI=1S/C14H19F3N2O2/c1-13(9-4-5-9)12(21)19(7-6-14(15,16)17)10(8-2-3-8)11(20)18-13/h8-10H,2-7H2,1H3,(H,18,20). The van der Waals surface area contributed by atoms with E-state index in [4.69, 9.17) is 0 Å². The van der Waals surface area contributed by atoms with Crippen LogP contribution in [0.2, 0.25) is 0 Å². The molecule has 0 bridgehead atoms. The number of halogens is 3. The quantitative estimate of drug-likeness (QED) is 0.861. The fraction of sp³-hybridized carbons (Fsp3) is 0.857. The van der Waals surface area contributed by atoms with E-state index in [0.29, 0.717) is 0 Å². The molecular formula is C14H19F3N2O2. The van der Waals surface area contributed by atoms with Crippen LogP contribution in [-0.4, -0.2) is 41.0 Å². The highest BCUT2D eigenvalue weighted by Gasteiger charge is 2.57. The minimum Gasteiger partial charge on any atom is -0.340 e. The average Bonchev–Trinajstić information content (AvgIpc) is 3.23. The highest BCUT2D eigenvalue weighted by molar-refractivity contribution is 6.00. The number of hydrogen-bond acceptors (Lipinski definition) is 2. The van der Waals surface area contributed by atoms with Gasteiger partial charge in [-0.1, -0.05) is 0 Å². The maximum absolute atomic E-state index is 12.7. The van der Waals surface area contributed by atoms with Gasteiger partial charge < -0.3 is 10.2 Å². The molecule has 0 spiro atoms. The number of rotatable bonds is 4. The lowest BCUT2D eigenvalue weighted by atomic mass is 9.88. The smallest absolute Gasteiger partial charge is 0.340 e. The van der Waals surface area contributed by atoms with Crippen molar-refractivity contribution < 1.29 is 22.8 Å². The number of nitrogens with one attached hydrogen (secondary N) is 1. The predicted octanol–water partition coefficient (Wildman–Crippen LogP) is 1.84. The largest absolute Gasteiger partial charge is 0.390 e. The summed E-state index contributed by atoms with van der Waals surface area (Å²) < 4.78 is 37.5. The third-order valence-electron chi connectivity index (χ3n) is 4.79. The van der Waals surface area contributed by atoms with Gasteiger partial charge in [0, 0.05) is 6.54 Å². The van der Waals surface area contributed by atoms with Crippen LogP contribution in [0.5, 0.6) is 0 Å². The maximum atomic E-state index is 12.7. The molecule has 1 N–H and O–H groups in total. The number of carbonyl (C=O) groups is 2. The van der Waals surface area contributed by atoms with Gasteiger partial charge >= 0.3 is 6.18 Å². The van der Waals surface area contributed by atoms with Gasteiger partial charge in [-0.15, -0.1) is 0 Å². The summed E-state index contributed by atoms with van der Waals surface area (Å²) in [5, 5.41) is 2.79. The fourth-order valence-electron chi connectivity index (χ4n) is 3.26. The summed E-state index contributed by atoms with van der Waals surface area (Å²) in [7, 11) is 0. The van der Waals surface area contributed by atoms with Crippen molar-refractivity contribution in [2.24, 2.45) is 11.8 Å². The second kappa shape index (κ2) is 4.61. The first-order valence-corrected chi connectivity index (χ1v) is 7.42. The third kappa shape index (κ3) is 2.74. The van der Waals surface area contributed by atoms with Crippen molar-refractivity contribution in [1.29, 1.82) is 0 Å². The van der Waals surface area contributed by atoms with Gasteiger partial charge in [0.2, 0.25) is 11.8 Å². The summed E-state index contributed by atoms with van der Waals surface area (Å²) in [5.74, 6) is -0.548. The Morgan fingerprint density at radius 3 is 2.33 bits per heavy atom. The molecule has 2 atom stereocenters. The van der Waals surface area contributed by atoms with E-state index in [1.807, 2.05) is 0 Å². The fourth-order valence-corrected chi connectivity index (χ4v) is 3.26. The molecule has 4 nitrogen and oxygen atoms in total. The molecule has 1 heterocycles. The van der Waals surface area contributed by atoms with Gasteiger partial charge in [0.15, 0.2) is 0 Å². The molecule has 118 valence electrons. The van der Waals surface area contributed by atoms with Gasteiger partial charge in [-0.05, 0) is 44.4 Å². The lowest BCUT2D eigenvalue weighted by Gasteiger charge is -2.45. The van der Waals surface area contributed by atoms with Crippen molar-refractivity contribution in [3.8, 4) is 0 Å². The predicted molar refractivity (Wildman–Crippen MR) is 68.2 cm³/mol. The van der Waals surface area contributed by atoms with E-state index < -0.39 is 30.7 Å². The second-order valence-corrected chi connectivity index (χ2v) is 6.61. The first-order chi connectivity index (χ1) is 9.72. The molecule has 1 saturated heterocycles. The Labute approximate surface area is 121 Å². The average molecular weight is 304 g/mol. The molecule has 1 aliphatic heterocycles. The lowest BCUT2D eigenvalue weighted by molar-refractivity contribution is -0.163. The number of piperazine rings is 1. The molecule has 2 amide bonds. The third-order valence-corrected chi connectivity index (χ3v) is 4.79. The van der Waals surface area contributed by atoms with Crippen LogP contribution < -0.4 is 5.32 Å². The summed E-state index contributed by atoms with van der Waals surface area (Å²) in [6.45, 7) is 1.23. The number of carbonyl (C=O) groups excluding carboxylic acids is 2. The number of hydrogen-bond donors (Lipinski definition) is 1. The molecule has 0 aromatic carbocycles. The zero-order valence-corrected chi connectivity index (χ0v) is 11.9. The van der Waals surface area contributed by atoms with Crippen molar-refractivity contribution in [3.63, 3.8) is 0 Å². The van der Waals surface area contributed by atoms with Crippen LogP contribution in [0, 0.1) is 11.8 Å². The molecule has 3 aliphatic rings. The van der Waals surface area contributed by atoms with E-state index in [1.54, 1.807) is 6.92 Å². The summed E-state index contributed by atoms with van der Waals surface area (Å²) in [6, 6.07) is -0.716. The second-order valence-electron chi connectivity index (χ2n) is 6.61. The molecule has 0 aromatic rings. The maximum Gasteiger partial charge on any atom is 0.390 e. The van der Waals surface area contributed by atoms with Gasteiger partial charge in [-0.3, -0.25) is 9.59 Å². The molecule has 2 aliphatic carbocycles. The van der Waals surface area contributed by atoms with E-state index >= 15 is 0 Å². The zero-order chi connectivity index (χ0) is 15.4. The van der Waals surface area contributed by atoms with Gasteiger partial charge in [-0.25, -0.2) is 0 Å². The topological polar surface area (TPSA) is 49.4 Å². The van der Waals surface area contributed by atoms with Crippen molar-refractivity contribution >= 4 is 11.8 Å². The van der Waals surface area contributed by atoms with E-state index in [9.17, 15) is 22.8 Å². The summed E-state index contributed by atoms with van der Waals surface area (Å²) >= 11 is 0. The number of nitrogens with zero attached hydrogens (tertiary/aromatic N) is 1. The zero-order valence-electron chi connectivity index (χ0n) is 11.9. The highest BCUT2D eigenvalue weighted by atomic mass is 19.4. The minimum atomic E-state index is -4.32. The molecule has 0 radical (unpaired) electrons. The van der Waals surface area contributed by atoms with Crippen LogP contribution in [0.4, 0.5) is 13.2 Å². The van der Waals surface area contributed by atoms with E-state index in [-0.39, 0.29) is 23.7 Å². The Hall–Kier alpha value is -1.27. The van der Waals surface area contributed by atoms with Gasteiger partial charge in [0.25, 0.3) is 0 Å².